The molecule has 0 atom stereocenters. The van der Waals surface area contributed by atoms with Gasteiger partial charge in [-0.05, 0) is 17.7 Å². The SMILES string of the molecule is COC(=O)/C=C/CNC(=O)Cc1ccc(C(F)(F)F)cc1. The summed E-state index contributed by atoms with van der Waals surface area (Å²) in [6.07, 6.45) is -1.85. The monoisotopic (exact) mass is 301 g/mol. The van der Waals surface area contributed by atoms with Crippen LogP contribution in [0.3, 0.4) is 0 Å². The second kappa shape index (κ2) is 7.47. The first-order valence-electron chi connectivity index (χ1n) is 6.00. The van der Waals surface area contributed by atoms with E-state index in [-0.39, 0.29) is 18.9 Å². The Bertz CT molecular complexity index is 521. The van der Waals surface area contributed by atoms with E-state index in [0.717, 1.165) is 12.1 Å². The second-order valence-electron chi connectivity index (χ2n) is 4.10. The number of methoxy groups -OCH3 is 1. The first-order chi connectivity index (χ1) is 9.82. The van der Waals surface area contributed by atoms with Gasteiger partial charge >= 0.3 is 12.1 Å². The van der Waals surface area contributed by atoms with Crippen LogP contribution in [0.4, 0.5) is 13.2 Å². The molecule has 0 heterocycles. The van der Waals surface area contributed by atoms with Crippen LogP contribution in [0.15, 0.2) is 36.4 Å². The fourth-order valence-corrected chi connectivity index (χ4v) is 1.46. The maximum Gasteiger partial charge on any atom is 0.416 e. The molecule has 0 spiro atoms. The standard InChI is InChI=1S/C14H14F3NO3/c1-21-13(20)3-2-8-18-12(19)9-10-4-6-11(7-5-10)14(15,16)17/h2-7H,8-9H2,1H3,(H,18,19)/b3-2+. The van der Waals surface area contributed by atoms with Gasteiger partial charge in [0.1, 0.15) is 0 Å². The van der Waals surface area contributed by atoms with Gasteiger partial charge in [0.2, 0.25) is 5.91 Å². The lowest BCUT2D eigenvalue weighted by atomic mass is 10.1. The number of nitrogens with one attached hydrogen (secondary N) is 1. The summed E-state index contributed by atoms with van der Waals surface area (Å²) in [5, 5.41) is 2.50. The fourth-order valence-electron chi connectivity index (χ4n) is 1.46. The Hall–Kier alpha value is -2.31. The van der Waals surface area contributed by atoms with Gasteiger partial charge in [0.05, 0.1) is 19.1 Å². The van der Waals surface area contributed by atoms with E-state index < -0.39 is 17.7 Å². The highest BCUT2D eigenvalue weighted by Crippen LogP contribution is 2.29. The van der Waals surface area contributed by atoms with Crippen molar-refractivity contribution in [1.29, 1.82) is 0 Å². The van der Waals surface area contributed by atoms with Gasteiger partial charge in [0.25, 0.3) is 0 Å². The summed E-state index contributed by atoms with van der Waals surface area (Å²) >= 11 is 0. The summed E-state index contributed by atoms with van der Waals surface area (Å²) < 4.78 is 41.4. The third kappa shape index (κ3) is 6.11. The van der Waals surface area contributed by atoms with E-state index >= 15 is 0 Å². The molecule has 1 aromatic rings. The molecule has 0 fully saturated rings. The molecule has 0 saturated heterocycles. The van der Waals surface area contributed by atoms with Crippen molar-refractivity contribution in [2.24, 2.45) is 0 Å². The number of carbonyl (C=O) groups is 2. The topological polar surface area (TPSA) is 55.4 Å². The average Bonchev–Trinajstić information content (AvgIpc) is 2.43. The summed E-state index contributed by atoms with van der Waals surface area (Å²) in [7, 11) is 1.23. The zero-order valence-electron chi connectivity index (χ0n) is 11.2. The van der Waals surface area contributed by atoms with Gasteiger partial charge in [-0.25, -0.2) is 4.79 Å². The molecule has 0 aliphatic carbocycles. The lowest BCUT2D eigenvalue weighted by molar-refractivity contribution is -0.137. The van der Waals surface area contributed by atoms with Crippen molar-refractivity contribution in [2.75, 3.05) is 13.7 Å². The highest BCUT2D eigenvalue weighted by molar-refractivity contribution is 5.82. The number of hydrogen-bond acceptors (Lipinski definition) is 3. The van der Waals surface area contributed by atoms with Gasteiger partial charge in [-0.2, -0.15) is 13.2 Å². The maximum absolute atomic E-state index is 12.4. The van der Waals surface area contributed by atoms with Crippen LogP contribution in [0.5, 0.6) is 0 Å². The Balaban J connectivity index is 2.45. The third-order valence-electron chi connectivity index (χ3n) is 2.52. The number of carbonyl (C=O) groups excluding carboxylic acids is 2. The highest BCUT2D eigenvalue weighted by Gasteiger charge is 2.29. The highest BCUT2D eigenvalue weighted by atomic mass is 19.4. The van der Waals surface area contributed by atoms with E-state index in [0.29, 0.717) is 5.56 Å². The molecule has 1 amide bonds. The first-order valence-corrected chi connectivity index (χ1v) is 6.00. The second-order valence-corrected chi connectivity index (χ2v) is 4.10. The molecule has 0 unspecified atom stereocenters. The van der Waals surface area contributed by atoms with Crippen LogP contribution in [-0.2, 0) is 26.9 Å². The first kappa shape index (κ1) is 16.7. The van der Waals surface area contributed by atoms with Crippen LogP contribution in [0.1, 0.15) is 11.1 Å². The molecule has 0 aliphatic rings. The number of benzene rings is 1. The molecule has 1 aromatic carbocycles. The Morgan fingerprint density at radius 3 is 2.38 bits per heavy atom. The largest absolute Gasteiger partial charge is 0.466 e. The Morgan fingerprint density at radius 1 is 1.24 bits per heavy atom. The van der Waals surface area contributed by atoms with Crippen LogP contribution in [0.25, 0.3) is 0 Å². The Morgan fingerprint density at radius 2 is 1.86 bits per heavy atom. The summed E-state index contributed by atoms with van der Waals surface area (Å²) in [6, 6.07) is 4.37. The quantitative estimate of drug-likeness (QED) is 0.669. The molecule has 4 nitrogen and oxygen atoms in total. The molecule has 21 heavy (non-hydrogen) atoms. The average molecular weight is 301 g/mol. The minimum atomic E-state index is -4.39. The van der Waals surface area contributed by atoms with E-state index in [9.17, 15) is 22.8 Å². The van der Waals surface area contributed by atoms with Crippen LogP contribution in [-0.4, -0.2) is 25.5 Å². The zero-order chi connectivity index (χ0) is 15.9. The van der Waals surface area contributed by atoms with E-state index in [1.807, 2.05) is 0 Å². The number of esters is 1. The van der Waals surface area contributed by atoms with E-state index in [4.69, 9.17) is 0 Å². The van der Waals surface area contributed by atoms with Crippen LogP contribution in [0.2, 0.25) is 0 Å². The smallest absolute Gasteiger partial charge is 0.416 e. The minimum absolute atomic E-state index is 0.0375. The van der Waals surface area contributed by atoms with Crippen molar-refractivity contribution in [3.05, 3.63) is 47.5 Å². The summed E-state index contributed by atoms with van der Waals surface area (Å²) in [4.78, 5) is 22.3. The number of hydrogen-bond donors (Lipinski definition) is 1. The third-order valence-corrected chi connectivity index (χ3v) is 2.52. The normalized spacial score (nSPS) is 11.4. The van der Waals surface area contributed by atoms with Crippen molar-refractivity contribution in [2.45, 2.75) is 12.6 Å². The number of ether oxygens (including phenoxy) is 1. The van der Waals surface area contributed by atoms with Gasteiger partial charge in [-0.1, -0.05) is 18.2 Å². The van der Waals surface area contributed by atoms with Crippen molar-refractivity contribution in [1.82, 2.24) is 5.32 Å². The number of alkyl halides is 3. The van der Waals surface area contributed by atoms with Crippen molar-refractivity contribution >= 4 is 11.9 Å². The van der Waals surface area contributed by atoms with Gasteiger partial charge in [-0.3, -0.25) is 4.79 Å². The molecule has 0 aliphatic heterocycles. The van der Waals surface area contributed by atoms with E-state index in [1.54, 1.807) is 0 Å². The summed E-state index contributed by atoms with van der Waals surface area (Å²) in [5.74, 6) is -0.892. The van der Waals surface area contributed by atoms with E-state index in [2.05, 4.69) is 10.1 Å². The predicted molar refractivity (Wildman–Crippen MR) is 69.3 cm³/mol. The zero-order valence-corrected chi connectivity index (χ0v) is 11.2. The molecule has 1 N–H and O–H groups in total. The number of amides is 1. The van der Waals surface area contributed by atoms with Gasteiger partial charge in [-0.15, -0.1) is 0 Å². The fraction of sp³-hybridized carbons (Fsp3) is 0.286. The number of rotatable bonds is 5. The lowest BCUT2D eigenvalue weighted by Crippen LogP contribution is -2.25. The molecule has 1 rings (SSSR count). The number of halogens is 3. The van der Waals surface area contributed by atoms with Crippen molar-refractivity contribution in [3.8, 4) is 0 Å². The Labute approximate surface area is 119 Å². The lowest BCUT2D eigenvalue weighted by Gasteiger charge is -2.07. The molecule has 7 heteroatoms. The van der Waals surface area contributed by atoms with Gasteiger partial charge in [0.15, 0.2) is 0 Å². The van der Waals surface area contributed by atoms with Crippen molar-refractivity contribution in [3.63, 3.8) is 0 Å². The summed E-state index contributed by atoms with van der Waals surface area (Å²) in [5.41, 5.74) is -0.287. The molecule has 0 aromatic heterocycles. The predicted octanol–water partition coefficient (Wildman–Crippen LogP) is 2.09. The van der Waals surface area contributed by atoms with E-state index in [1.165, 1.54) is 31.4 Å². The van der Waals surface area contributed by atoms with Crippen LogP contribution in [0, 0.1) is 0 Å². The van der Waals surface area contributed by atoms with Crippen LogP contribution < -0.4 is 5.32 Å². The van der Waals surface area contributed by atoms with Gasteiger partial charge in [0, 0.05) is 12.6 Å². The van der Waals surface area contributed by atoms with Crippen LogP contribution >= 0.6 is 0 Å². The van der Waals surface area contributed by atoms with Gasteiger partial charge < -0.3 is 10.1 Å². The molecule has 0 radical (unpaired) electrons. The van der Waals surface area contributed by atoms with Crippen molar-refractivity contribution < 1.29 is 27.5 Å². The minimum Gasteiger partial charge on any atom is -0.466 e. The maximum atomic E-state index is 12.4. The molecular weight excluding hydrogens is 287 g/mol. The summed E-state index contributed by atoms with van der Waals surface area (Å²) in [6.45, 7) is 0.134. The Kier molecular flexibility index (Phi) is 5.95. The molecule has 114 valence electrons. The molecule has 0 saturated carbocycles. The molecular formula is C14H14F3NO3. The molecule has 0 bridgehead atoms.